The predicted molar refractivity (Wildman–Crippen MR) is 66.1 cm³/mol. The fourth-order valence-corrected chi connectivity index (χ4v) is 1.51. The van der Waals surface area contributed by atoms with Gasteiger partial charge in [-0.2, -0.15) is 0 Å². The second-order valence-electron chi connectivity index (χ2n) is 5.47. The van der Waals surface area contributed by atoms with E-state index in [1.807, 2.05) is 12.5 Å². The minimum atomic E-state index is -1.08. The van der Waals surface area contributed by atoms with Crippen LogP contribution in [0.2, 0.25) is 39.3 Å². The molecule has 0 amide bonds. The maximum atomic E-state index is 5.29. The summed E-state index contributed by atoms with van der Waals surface area (Å²) in [5.74, 6) is 0. The zero-order valence-electron chi connectivity index (χ0n) is 9.72. The van der Waals surface area contributed by atoms with Crippen LogP contribution in [0.15, 0.2) is 23.9 Å². The molecule has 76 valence electrons. The van der Waals surface area contributed by atoms with E-state index in [-0.39, 0.29) is 0 Å². The summed E-state index contributed by atoms with van der Waals surface area (Å²) in [6.45, 7) is 13.7. The van der Waals surface area contributed by atoms with Gasteiger partial charge in [0.25, 0.3) is 0 Å². The van der Waals surface area contributed by atoms with Crippen LogP contribution in [0.25, 0.3) is 0 Å². The molecule has 0 aliphatic heterocycles. The molecule has 0 aromatic heterocycles. The molecule has 0 N–H and O–H groups in total. The van der Waals surface area contributed by atoms with Crippen molar-refractivity contribution in [2.75, 3.05) is 0 Å². The third kappa shape index (κ3) is 11.7. The number of hydrogen-bond donors (Lipinski definition) is 0. The molecule has 0 atom stereocenters. The Kier molecular flexibility index (Phi) is 4.71. The quantitative estimate of drug-likeness (QED) is 0.511. The van der Waals surface area contributed by atoms with Crippen LogP contribution in [0, 0.1) is 0 Å². The first kappa shape index (κ1) is 12.7. The van der Waals surface area contributed by atoms with Crippen molar-refractivity contribution in [1.82, 2.24) is 0 Å². The maximum absolute atomic E-state index is 5.29. The second-order valence-corrected chi connectivity index (χ2v) is 15.6. The first-order valence-corrected chi connectivity index (χ1v) is 11.9. The number of ether oxygens (including phenoxy) is 1. The molecule has 0 saturated carbocycles. The molecule has 0 rings (SSSR count). The van der Waals surface area contributed by atoms with Gasteiger partial charge in [-0.25, -0.2) is 0 Å². The molecule has 3 heteroatoms. The summed E-state index contributed by atoms with van der Waals surface area (Å²) < 4.78 is 5.29. The average molecular weight is 214 g/mol. The molecule has 0 radical (unpaired) electrons. The Morgan fingerprint density at radius 2 is 1.00 bits per heavy atom. The van der Waals surface area contributed by atoms with E-state index in [4.69, 9.17) is 4.74 Å². The summed E-state index contributed by atoms with van der Waals surface area (Å²) in [5, 5.41) is 0. The summed E-state index contributed by atoms with van der Waals surface area (Å²) in [6.07, 6.45) is 3.64. The van der Waals surface area contributed by atoms with E-state index in [0.717, 1.165) is 0 Å². The highest BCUT2D eigenvalue weighted by Gasteiger charge is 2.07. The molecule has 0 heterocycles. The molecule has 0 bridgehead atoms. The zero-order valence-corrected chi connectivity index (χ0v) is 11.7. The van der Waals surface area contributed by atoms with Crippen molar-refractivity contribution < 1.29 is 4.74 Å². The van der Waals surface area contributed by atoms with E-state index in [1.165, 1.54) is 0 Å². The molecule has 0 aromatic carbocycles. The third-order valence-electron chi connectivity index (χ3n) is 1.29. The van der Waals surface area contributed by atoms with Gasteiger partial charge >= 0.3 is 0 Å². The summed E-state index contributed by atoms with van der Waals surface area (Å²) in [4.78, 5) is 0. The van der Waals surface area contributed by atoms with Gasteiger partial charge in [-0.05, 0) is 0 Å². The van der Waals surface area contributed by atoms with Gasteiger partial charge in [0.2, 0.25) is 0 Å². The highest BCUT2D eigenvalue weighted by Crippen LogP contribution is 2.04. The highest BCUT2D eigenvalue weighted by atomic mass is 28.3. The summed E-state index contributed by atoms with van der Waals surface area (Å²) in [7, 11) is -2.16. The Hall–Kier alpha value is -0.286. The predicted octanol–water partition coefficient (Wildman–Crippen LogP) is 3.79. The molecular formula is C10H22OSi2. The van der Waals surface area contributed by atoms with Crippen LogP contribution in [-0.2, 0) is 4.74 Å². The minimum absolute atomic E-state index is 1.08. The van der Waals surface area contributed by atoms with Gasteiger partial charge in [0.15, 0.2) is 0 Å². The van der Waals surface area contributed by atoms with Crippen molar-refractivity contribution >= 4 is 16.1 Å². The summed E-state index contributed by atoms with van der Waals surface area (Å²) in [5.41, 5.74) is 4.39. The van der Waals surface area contributed by atoms with Crippen LogP contribution >= 0.6 is 0 Å². The van der Waals surface area contributed by atoms with Gasteiger partial charge in [0.1, 0.15) is 0 Å². The average Bonchev–Trinajstić information content (AvgIpc) is 1.81. The van der Waals surface area contributed by atoms with E-state index >= 15 is 0 Å². The maximum Gasteiger partial charge on any atom is 0.0822 e. The van der Waals surface area contributed by atoms with Crippen LogP contribution in [0.4, 0.5) is 0 Å². The minimum Gasteiger partial charge on any atom is -0.474 e. The van der Waals surface area contributed by atoms with E-state index in [9.17, 15) is 0 Å². The number of hydrogen-bond acceptors (Lipinski definition) is 1. The Morgan fingerprint density at radius 1 is 0.692 bits per heavy atom. The molecule has 0 aliphatic carbocycles. The van der Waals surface area contributed by atoms with Gasteiger partial charge < -0.3 is 4.74 Å². The van der Waals surface area contributed by atoms with Crippen LogP contribution in [0.3, 0.4) is 0 Å². The summed E-state index contributed by atoms with van der Waals surface area (Å²) in [6, 6.07) is 0. The molecule has 0 aliphatic rings. The van der Waals surface area contributed by atoms with Crippen LogP contribution < -0.4 is 0 Å². The lowest BCUT2D eigenvalue weighted by Crippen LogP contribution is -2.16. The molecule has 0 unspecified atom stereocenters. The van der Waals surface area contributed by atoms with Crippen molar-refractivity contribution in [3.8, 4) is 0 Å². The van der Waals surface area contributed by atoms with Gasteiger partial charge in [0.05, 0.1) is 28.7 Å². The Balaban J connectivity index is 3.81. The first-order valence-electron chi connectivity index (χ1n) is 4.72. The van der Waals surface area contributed by atoms with Gasteiger partial charge in [0, 0.05) is 0 Å². The molecule has 0 saturated heterocycles. The van der Waals surface area contributed by atoms with E-state index in [1.54, 1.807) is 0 Å². The van der Waals surface area contributed by atoms with Crippen molar-refractivity contribution in [2.24, 2.45) is 0 Å². The molecule has 13 heavy (non-hydrogen) atoms. The van der Waals surface area contributed by atoms with E-state index in [0.29, 0.717) is 0 Å². The molecular weight excluding hydrogens is 192 g/mol. The van der Waals surface area contributed by atoms with Crippen molar-refractivity contribution in [3.63, 3.8) is 0 Å². The Labute approximate surface area is 84.5 Å². The third-order valence-corrected chi connectivity index (χ3v) is 3.57. The van der Waals surface area contributed by atoms with Crippen LogP contribution in [0.5, 0.6) is 0 Å². The van der Waals surface area contributed by atoms with Gasteiger partial charge in [-0.15, -0.1) is 0 Å². The fourth-order valence-electron chi connectivity index (χ4n) is 0.532. The molecule has 0 fully saturated rings. The van der Waals surface area contributed by atoms with Crippen LogP contribution in [0.1, 0.15) is 0 Å². The zero-order chi connectivity index (χ0) is 10.5. The Morgan fingerprint density at radius 3 is 1.23 bits per heavy atom. The first-order chi connectivity index (χ1) is 5.71. The van der Waals surface area contributed by atoms with E-state index in [2.05, 4.69) is 50.7 Å². The molecule has 0 aromatic rings. The topological polar surface area (TPSA) is 9.23 Å². The van der Waals surface area contributed by atoms with Crippen molar-refractivity contribution in [2.45, 2.75) is 39.3 Å². The lowest BCUT2D eigenvalue weighted by atomic mass is 11.0. The lowest BCUT2D eigenvalue weighted by Gasteiger charge is -2.08. The number of rotatable bonds is 4. The largest absolute Gasteiger partial charge is 0.474 e. The van der Waals surface area contributed by atoms with Gasteiger partial charge in [-0.1, -0.05) is 50.7 Å². The normalized spacial score (nSPS) is 14.3. The van der Waals surface area contributed by atoms with E-state index < -0.39 is 16.1 Å². The van der Waals surface area contributed by atoms with Crippen molar-refractivity contribution in [3.05, 3.63) is 23.9 Å². The Bertz CT molecular complexity index is 172. The van der Waals surface area contributed by atoms with Crippen LogP contribution in [-0.4, -0.2) is 16.1 Å². The highest BCUT2D eigenvalue weighted by molar-refractivity contribution is 6.81. The fraction of sp³-hybridized carbons (Fsp3) is 0.600. The second kappa shape index (κ2) is 4.81. The lowest BCUT2D eigenvalue weighted by molar-refractivity contribution is 0.404. The van der Waals surface area contributed by atoms with Crippen molar-refractivity contribution in [1.29, 1.82) is 0 Å². The smallest absolute Gasteiger partial charge is 0.0822 e. The standard InChI is InChI=1S/C10H22OSi2/c1-12(2,3)9-7-11-8-10-13(4,5)6/h7-10H,1-6H3. The van der Waals surface area contributed by atoms with Gasteiger partial charge in [-0.3, -0.25) is 0 Å². The molecule has 1 nitrogen and oxygen atoms in total. The molecule has 0 spiro atoms. The SMILES string of the molecule is C[Si](C)(C)C=COC=C[Si](C)(C)C. The summed E-state index contributed by atoms with van der Waals surface area (Å²) >= 11 is 0. The monoisotopic (exact) mass is 214 g/mol.